The van der Waals surface area contributed by atoms with Crippen molar-refractivity contribution < 1.29 is 12.8 Å². The highest BCUT2D eigenvalue weighted by atomic mass is 35.5. The highest BCUT2D eigenvalue weighted by Gasteiger charge is 2.29. The molecule has 4 aromatic rings. The number of rotatable bonds is 6. The van der Waals surface area contributed by atoms with Gasteiger partial charge in [-0.25, -0.2) is 8.42 Å². The molecule has 0 saturated heterocycles. The van der Waals surface area contributed by atoms with Crippen LogP contribution in [0.5, 0.6) is 0 Å². The highest BCUT2D eigenvalue weighted by molar-refractivity contribution is 7.91. The molecule has 0 fully saturated rings. The summed E-state index contributed by atoms with van der Waals surface area (Å²) >= 11 is 6.28. The molecule has 3 aromatic carbocycles. The number of hydrogen-bond donors (Lipinski definition) is 1. The largest absolute Gasteiger partial charge is 0.419 e. The van der Waals surface area contributed by atoms with Gasteiger partial charge in [0.05, 0.1) is 21.5 Å². The van der Waals surface area contributed by atoms with Crippen LogP contribution in [0.2, 0.25) is 5.02 Å². The Balaban J connectivity index is 1.82. The number of nitrogens with zero attached hydrogens (tertiary/aromatic N) is 1. The van der Waals surface area contributed by atoms with Crippen LogP contribution in [0.3, 0.4) is 0 Å². The number of benzene rings is 3. The molecule has 152 valence electrons. The van der Waals surface area contributed by atoms with E-state index in [1.165, 1.54) is 12.1 Å². The minimum absolute atomic E-state index is 0.0742. The monoisotopic (exact) mass is 438 g/mol. The molecule has 0 spiro atoms. The fraction of sp³-hybridized carbons (Fsp3) is 0.0870. The third kappa shape index (κ3) is 3.97. The summed E-state index contributed by atoms with van der Waals surface area (Å²) in [5, 5.41) is 3.41. The maximum absolute atomic E-state index is 13.3. The summed E-state index contributed by atoms with van der Waals surface area (Å²) in [6.45, 7) is 1.92. The van der Waals surface area contributed by atoms with Gasteiger partial charge in [-0.1, -0.05) is 72.3 Å². The molecule has 0 aliphatic rings. The second-order valence-corrected chi connectivity index (χ2v) is 9.00. The maximum Gasteiger partial charge on any atom is 0.234 e. The zero-order chi connectivity index (χ0) is 21.1. The Morgan fingerprint density at radius 3 is 2.17 bits per heavy atom. The Morgan fingerprint density at radius 1 is 0.900 bits per heavy atom. The van der Waals surface area contributed by atoms with Crippen molar-refractivity contribution in [2.75, 3.05) is 5.32 Å². The van der Waals surface area contributed by atoms with Crippen molar-refractivity contribution in [3.8, 4) is 11.5 Å². The van der Waals surface area contributed by atoms with E-state index in [1.54, 1.807) is 42.5 Å². The molecule has 0 radical (unpaired) electrons. The molecular formula is C23H19ClN2O3S. The smallest absolute Gasteiger partial charge is 0.234 e. The van der Waals surface area contributed by atoms with Gasteiger partial charge in [0.2, 0.25) is 26.6 Å². The minimum atomic E-state index is -3.91. The molecule has 0 unspecified atom stereocenters. The Kier molecular flexibility index (Phi) is 5.61. The van der Waals surface area contributed by atoms with Gasteiger partial charge in [-0.3, -0.25) is 0 Å². The van der Waals surface area contributed by atoms with Crippen molar-refractivity contribution in [1.29, 1.82) is 0 Å². The van der Waals surface area contributed by atoms with Gasteiger partial charge in [-0.2, -0.15) is 4.98 Å². The first kappa shape index (κ1) is 20.2. The van der Waals surface area contributed by atoms with Crippen molar-refractivity contribution in [2.45, 2.75) is 22.9 Å². The van der Waals surface area contributed by atoms with E-state index in [1.807, 2.05) is 37.3 Å². The van der Waals surface area contributed by atoms with Crippen LogP contribution in [0.4, 0.5) is 5.88 Å². The fourth-order valence-electron chi connectivity index (χ4n) is 3.06. The molecule has 1 atom stereocenters. The quantitative estimate of drug-likeness (QED) is 0.399. The summed E-state index contributed by atoms with van der Waals surface area (Å²) in [5.41, 5.74) is 1.50. The van der Waals surface area contributed by atoms with Gasteiger partial charge in [-0.05, 0) is 36.8 Å². The van der Waals surface area contributed by atoms with Gasteiger partial charge < -0.3 is 9.73 Å². The lowest BCUT2D eigenvalue weighted by Gasteiger charge is -2.14. The topological polar surface area (TPSA) is 72.2 Å². The minimum Gasteiger partial charge on any atom is -0.419 e. The summed E-state index contributed by atoms with van der Waals surface area (Å²) in [6, 6.07) is 24.6. The molecule has 0 aliphatic heterocycles. The highest BCUT2D eigenvalue weighted by Crippen LogP contribution is 2.36. The van der Waals surface area contributed by atoms with Crippen LogP contribution in [-0.2, 0) is 9.84 Å². The predicted molar refractivity (Wildman–Crippen MR) is 117 cm³/mol. The molecule has 1 aromatic heterocycles. The molecule has 1 N–H and O–H groups in total. The number of hydrogen-bond acceptors (Lipinski definition) is 5. The summed E-state index contributed by atoms with van der Waals surface area (Å²) in [4.78, 5) is 4.47. The lowest BCUT2D eigenvalue weighted by atomic mass is 10.1. The summed E-state index contributed by atoms with van der Waals surface area (Å²) < 4.78 is 32.5. The van der Waals surface area contributed by atoms with Gasteiger partial charge >= 0.3 is 0 Å². The van der Waals surface area contributed by atoms with Crippen LogP contribution < -0.4 is 5.32 Å². The molecule has 4 rings (SSSR count). The molecule has 5 nitrogen and oxygen atoms in total. The molecule has 0 saturated carbocycles. The van der Waals surface area contributed by atoms with Crippen LogP contribution in [0.1, 0.15) is 18.5 Å². The van der Waals surface area contributed by atoms with Crippen LogP contribution in [0.15, 0.2) is 99.3 Å². The third-order valence-electron chi connectivity index (χ3n) is 4.66. The first-order valence-corrected chi connectivity index (χ1v) is 11.2. The predicted octanol–water partition coefficient (Wildman–Crippen LogP) is 6.00. The van der Waals surface area contributed by atoms with Gasteiger partial charge in [0.1, 0.15) is 0 Å². The average molecular weight is 439 g/mol. The molecule has 0 amide bonds. The lowest BCUT2D eigenvalue weighted by Crippen LogP contribution is -2.10. The average Bonchev–Trinajstić information content (AvgIpc) is 3.19. The van der Waals surface area contributed by atoms with E-state index in [0.29, 0.717) is 10.6 Å². The first-order chi connectivity index (χ1) is 14.5. The second kappa shape index (κ2) is 8.34. The third-order valence-corrected chi connectivity index (χ3v) is 6.66. The second-order valence-electron chi connectivity index (χ2n) is 6.73. The fourth-order valence-corrected chi connectivity index (χ4v) is 4.57. The number of anilines is 1. The van der Waals surface area contributed by atoms with Crippen molar-refractivity contribution >= 4 is 27.3 Å². The Hall–Kier alpha value is -3.09. The van der Waals surface area contributed by atoms with Crippen LogP contribution in [0, 0.1) is 0 Å². The van der Waals surface area contributed by atoms with Gasteiger partial charge in [-0.15, -0.1) is 0 Å². The Bertz CT molecular complexity index is 1260. The zero-order valence-corrected chi connectivity index (χ0v) is 17.7. The normalized spacial score (nSPS) is 12.5. The first-order valence-electron chi connectivity index (χ1n) is 9.34. The van der Waals surface area contributed by atoms with Crippen molar-refractivity contribution in [3.05, 3.63) is 95.5 Å². The number of oxazole rings is 1. The Labute approximate surface area is 180 Å². The zero-order valence-electron chi connectivity index (χ0n) is 16.1. The van der Waals surface area contributed by atoms with E-state index in [0.717, 1.165) is 5.56 Å². The van der Waals surface area contributed by atoms with Crippen molar-refractivity contribution in [3.63, 3.8) is 0 Å². The molecule has 1 heterocycles. The molecular weight excluding hydrogens is 420 g/mol. The number of nitrogens with one attached hydrogen (secondary N) is 1. The van der Waals surface area contributed by atoms with E-state index < -0.39 is 9.84 Å². The van der Waals surface area contributed by atoms with Crippen LogP contribution in [0.25, 0.3) is 11.5 Å². The molecule has 0 bridgehead atoms. The van der Waals surface area contributed by atoms with Gasteiger partial charge in [0.25, 0.3) is 0 Å². The van der Waals surface area contributed by atoms with Gasteiger partial charge in [0, 0.05) is 0 Å². The summed E-state index contributed by atoms with van der Waals surface area (Å²) in [6.07, 6.45) is 0. The summed E-state index contributed by atoms with van der Waals surface area (Å²) in [7, 11) is -3.91. The van der Waals surface area contributed by atoms with Crippen LogP contribution in [-0.4, -0.2) is 13.4 Å². The van der Waals surface area contributed by atoms with E-state index in [4.69, 9.17) is 16.0 Å². The molecule has 7 heteroatoms. The van der Waals surface area contributed by atoms with E-state index in [2.05, 4.69) is 10.3 Å². The SMILES string of the molecule is C[C@H](Nc1oc(-c2ccccc2Cl)nc1S(=O)(=O)c1ccccc1)c1ccccc1. The van der Waals surface area contributed by atoms with Crippen LogP contribution >= 0.6 is 11.6 Å². The number of halogens is 1. The maximum atomic E-state index is 13.3. The van der Waals surface area contributed by atoms with E-state index in [-0.39, 0.29) is 27.7 Å². The number of sulfone groups is 1. The lowest BCUT2D eigenvalue weighted by molar-refractivity contribution is 0.570. The molecule has 0 aliphatic carbocycles. The number of aromatic nitrogens is 1. The van der Waals surface area contributed by atoms with Gasteiger partial charge in [0.15, 0.2) is 0 Å². The standard InChI is InChI=1S/C23H19ClN2O3S/c1-16(17-10-4-2-5-11-17)25-22-23(30(27,28)18-12-6-3-7-13-18)26-21(29-22)19-14-8-9-15-20(19)24/h2-16,25H,1H3/t16-/m0/s1. The Morgan fingerprint density at radius 2 is 1.50 bits per heavy atom. The van der Waals surface area contributed by atoms with E-state index >= 15 is 0 Å². The van der Waals surface area contributed by atoms with Crippen molar-refractivity contribution in [2.24, 2.45) is 0 Å². The van der Waals surface area contributed by atoms with E-state index in [9.17, 15) is 8.42 Å². The molecule has 30 heavy (non-hydrogen) atoms. The summed E-state index contributed by atoms with van der Waals surface area (Å²) in [5.74, 6) is 0.211. The van der Waals surface area contributed by atoms with Crippen molar-refractivity contribution in [1.82, 2.24) is 4.98 Å².